The van der Waals surface area contributed by atoms with E-state index in [1.165, 1.54) is 48.1 Å². The number of benzene rings is 1. The summed E-state index contributed by atoms with van der Waals surface area (Å²) in [6.45, 7) is 6.78. The predicted molar refractivity (Wildman–Crippen MR) is 136 cm³/mol. The largest absolute Gasteiger partial charge is 0.426 e. The van der Waals surface area contributed by atoms with E-state index in [9.17, 15) is 4.79 Å². The van der Waals surface area contributed by atoms with E-state index in [0.717, 1.165) is 57.4 Å². The molecule has 1 heterocycles. The number of thiophene rings is 1. The standard InChI is InChI=1S/C28H41NO2S/c1-3-5-6-7-8-9-15-28(30)31-27-14-10-12-23-22-24(16-17-26(23)27)29(19-4-2)20-18-25-13-11-21-32-25/h10-14,21,24H,3-9,15-20,22H2,1-2H3. The number of rotatable bonds is 14. The molecule has 1 aliphatic carbocycles. The summed E-state index contributed by atoms with van der Waals surface area (Å²) in [6.07, 6.45) is 13.2. The molecule has 1 aromatic carbocycles. The lowest BCUT2D eigenvalue weighted by Gasteiger charge is -2.35. The van der Waals surface area contributed by atoms with Crippen LogP contribution in [0.3, 0.4) is 0 Å². The molecule has 4 heteroatoms. The van der Waals surface area contributed by atoms with Crippen molar-refractivity contribution in [3.05, 3.63) is 51.7 Å². The topological polar surface area (TPSA) is 29.5 Å². The highest BCUT2D eigenvalue weighted by atomic mass is 32.1. The van der Waals surface area contributed by atoms with Crippen molar-refractivity contribution in [1.82, 2.24) is 4.90 Å². The minimum Gasteiger partial charge on any atom is -0.426 e. The van der Waals surface area contributed by atoms with Gasteiger partial charge in [0.2, 0.25) is 0 Å². The second kappa shape index (κ2) is 13.8. The van der Waals surface area contributed by atoms with Crippen molar-refractivity contribution in [1.29, 1.82) is 0 Å². The van der Waals surface area contributed by atoms with Gasteiger partial charge in [-0.1, -0.05) is 64.2 Å². The van der Waals surface area contributed by atoms with Crippen LogP contribution in [0.1, 0.15) is 87.6 Å². The highest BCUT2D eigenvalue weighted by Crippen LogP contribution is 2.32. The molecule has 3 nitrogen and oxygen atoms in total. The molecule has 0 spiro atoms. The van der Waals surface area contributed by atoms with Crippen molar-refractivity contribution in [3.8, 4) is 5.75 Å². The molecular formula is C28H41NO2S. The zero-order valence-electron chi connectivity index (χ0n) is 20.1. The van der Waals surface area contributed by atoms with Crippen molar-refractivity contribution < 1.29 is 9.53 Å². The zero-order chi connectivity index (χ0) is 22.6. The average Bonchev–Trinajstić information content (AvgIpc) is 3.32. The molecule has 0 saturated carbocycles. The third-order valence-corrected chi connectivity index (χ3v) is 7.56. The third kappa shape index (κ3) is 7.74. The Balaban J connectivity index is 1.52. The van der Waals surface area contributed by atoms with Crippen LogP contribution in [0.5, 0.6) is 5.75 Å². The highest BCUT2D eigenvalue weighted by Gasteiger charge is 2.26. The van der Waals surface area contributed by atoms with Crippen molar-refractivity contribution in [2.75, 3.05) is 13.1 Å². The number of carbonyl (C=O) groups excluding carboxylic acids is 1. The zero-order valence-corrected chi connectivity index (χ0v) is 20.9. The number of carbonyl (C=O) groups is 1. The first-order valence-corrected chi connectivity index (χ1v) is 13.7. The molecule has 0 saturated heterocycles. The molecule has 0 fully saturated rings. The van der Waals surface area contributed by atoms with E-state index in [0.29, 0.717) is 12.5 Å². The van der Waals surface area contributed by atoms with E-state index in [4.69, 9.17) is 4.74 Å². The second-order valence-electron chi connectivity index (χ2n) is 9.15. The monoisotopic (exact) mass is 455 g/mol. The SMILES string of the molecule is CCCCCCCCC(=O)Oc1cccc2c1CCC(N(CCC)CCc1cccs1)C2. The highest BCUT2D eigenvalue weighted by molar-refractivity contribution is 7.09. The molecule has 1 aliphatic rings. The molecule has 1 aromatic heterocycles. The second-order valence-corrected chi connectivity index (χ2v) is 10.2. The van der Waals surface area contributed by atoms with Crippen molar-refractivity contribution in [3.63, 3.8) is 0 Å². The molecule has 3 rings (SSSR count). The van der Waals surface area contributed by atoms with Gasteiger partial charge < -0.3 is 4.74 Å². The lowest BCUT2D eigenvalue weighted by molar-refractivity contribution is -0.134. The Labute approximate surface area is 199 Å². The van der Waals surface area contributed by atoms with Gasteiger partial charge in [0.15, 0.2) is 0 Å². The summed E-state index contributed by atoms with van der Waals surface area (Å²) >= 11 is 1.86. The van der Waals surface area contributed by atoms with Gasteiger partial charge in [-0.05, 0) is 73.7 Å². The fraction of sp³-hybridized carbons (Fsp3) is 0.607. The van der Waals surface area contributed by atoms with Crippen LogP contribution in [-0.4, -0.2) is 30.0 Å². The normalized spacial score (nSPS) is 15.7. The van der Waals surface area contributed by atoms with Gasteiger partial charge in [0.25, 0.3) is 0 Å². The van der Waals surface area contributed by atoms with Crippen LogP contribution in [0.2, 0.25) is 0 Å². The van der Waals surface area contributed by atoms with Gasteiger partial charge >= 0.3 is 5.97 Å². The first kappa shape index (κ1) is 25.0. The van der Waals surface area contributed by atoms with Crippen LogP contribution in [0, 0.1) is 0 Å². The Morgan fingerprint density at radius 3 is 2.66 bits per heavy atom. The van der Waals surface area contributed by atoms with Crippen molar-refractivity contribution in [2.45, 2.75) is 96.9 Å². The maximum absolute atomic E-state index is 12.4. The minimum atomic E-state index is -0.0698. The van der Waals surface area contributed by atoms with Crippen molar-refractivity contribution >= 4 is 17.3 Å². The van der Waals surface area contributed by atoms with Gasteiger partial charge in [0.05, 0.1) is 0 Å². The molecule has 1 atom stereocenters. The molecule has 0 amide bonds. The molecule has 0 radical (unpaired) electrons. The van der Waals surface area contributed by atoms with E-state index in [2.05, 4.69) is 48.4 Å². The number of esters is 1. The quantitative estimate of drug-likeness (QED) is 0.171. The van der Waals surface area contributed by atoms with Gasteiger partial charge in [-0.3, -0.25) is 9.69 Å². The first-order valence-electron chi connectivity index (χ1n) is 12.8. The summed E-state index contributed by atoms with van der Waals surface area (Å²) in [6, 6.07) is 11.3. The van der Waals surface area contributed by atoms with E-state index in [1.807, 2.05) is 17.4 Å². The fourth-order valence-corrected chi connectivity index (χ4v) is 5.55. The Morgan fingerprint density at radius 1 is 1.03 bits per heavy atom. The van der Waals surface area contributed by atoms with Crippen LogP contribution in [-0.2, 0) is 24.1 Å². The Bertz CT molecular complexity index is 802. The summed E-state index contributed by atoms with van der Waals surface area (Å²) in [7, 11) is 0. The first-order chi connectivity index (χ1) is 15.7. The maximum atomic E-state index is 12.4. The van der Waals surface area contributed by atoms with Crippen LogP contribution in [0.25, 0.3) is 0 Å². The van der Waals surface area contributed by atoms with E-state index in [-0.39, 0.29) is 5.97 Å². The Morgan fingerprint density at radius 2 is 1.88 bits per heavy atom. The van der Waals surface area contributed by atoms with Crippen LogP contribution in [0.15, 0.2) is 35.7 Å². The Kier molecular flexibility index (Phi) is 10.8. The number of nitrogens with zero attached hydrogens (tertiary/aromatic N) is 1. The molecule has 0 bridgehead atoms. The predicted octanol–water partition coefficient (Wildman–Crippen LogP) is 7.22. The number of hydrogen-bond donors (Lipinski definition) is 0. The lowest BCUT2D eigenvalue weighted by Crippen LogP contribution is -2.41. The molecule has 0 N–H and O–H groups in total. The summed E-state index contributed by atoms with van der Waals surface area (Å²) in [5.74, 6) is 0.733. The lowest BCUT2D eigenvalue weighted by atomic mass is 9.86. The summed E-state index contributed by atoms with van der Waals surface area (Å²) < 4.78 is 5.83. The van der Waals surface area contributed by atoms with Crippen molar-refractivity contribution in [2.24, 2.45) is 0 Å². The van der Waals surface area contributed by atoms with E-state index < -0.39 is 0 Å². The Hall–Kier alpha value is -1.65. The summed E-state index contributed by atoms with van der Waals surface area (Å²) in [4.78, 5) is 16.6. The molecular weight excluding hydrogens is 414 g/mol. The molecule has 176 valence electrons. The molecule has 0 aliphatic heterocycles. The minimum absolute atomic E-state index is 0.0698. The van der Waals surface area contributed by atoms with Crippen LogP contribution >= 0.6 is 11.3 Å². The van der Waals surface area contributed by atoms with Gasteiger partial charge in [-0.2, -0.15) is 0 Å². The fourth-order valence-electron chi connectivity index (χ4n) is 4.86. The van der Waals surface area contributed by atoms with Gasteiger partial charge in [0, 0.05) is 23.9 Å². The smallest absolute Gasteiger partial charge is 0.311 e. The number of hydrogen-bond acceptors (Lipinski definition) is 4. The van der Waals surface area contributed by atoms with Gasteiger partial charge in [-0.25, -0.2) is 0 Å². The molecule has 1 unspecified atom stereocenters. The van der Waals surface area contributed by atoms with E-state index in [1.54, 1.807) is 0 Å². The van der Waals surface area contributed by atoms with Crippen LogP contribution < -0.4 is 4.74 Å². The van der Waals surface area contributed by atoms with Crippen LogP contribution in [0.4, 0.5) is 0 Å². The molecule has 32 heavy (non-hydrogen) atoms. The van der Waals surface area contributed by atoms with E-state index >= 15 is 0 Å². The number of unbranched alkanes of at least 4 members (excludes halogenated alkanes) is 5. The molecule has 2 aromatic rings. The summed E-state index contributed by atoms with van der Waals surface area (Å²) in [5.41, 5.74) is 2.62. The third-order valence-electron chi connectivity index (χ3n) is 6.62. The van der Waals surface area contributed by atoms with Gasteiger partial charge in [0.1, 0.15) is 5.75 Å². The average molecular weight is 456 g/mol. The maximum Gasteiger partial charge on any atom is 0.311 e. The number of ether oxygens (including phenoxy) is 1. The summed E-state index contributed by atoms with van der Waals surface area (Å²) in [5, 5.41) is 2.17. The number of fused-ring (bicyclic) bond motifs is 1. The van der Waals surface area contributed by atoms with Gasteiger partial charge in [-0.15, -0.1) is 11.3 Å².